The minimum atomic E-state index is -1.00. The number of β-amino-alcohol motifs (C(OH)–C–C–N with tert-alkyl or cyclic N) is 1. The second-order valence-electron chi connectivity index (χ2n) is 6.07. The molecular formula is C15H21N5O3. The molecule has 124 valence electrons. The molecule has 23 heavy (non-hydrogen) atoms. The number of carbonyl (C=O) groups excluding carboxylic acids is 1. The van der Waals surface area contributed by atoms with Gasteiger partial charge < -0.3 is 14.5 Å². The van der Waals surface area contributed by atoms with E-state index in [2.05, 4.69) is 15.2 Å². The van der Waals surface area contributed by atoms with E-state index in [0.717, 1.165) is 6.42 Å². The molecule has 1 atom stereocenters. The molecule has 1 aliphatic heterocycles. The van der Waals surface area contributed by atoms with Crippen molar-refractivity contribution in [3.63, 3.8) is 0 Å². The van der Waals surface area contributed by atoms with Crippen molar-refractivity contribution in [2.75, 3.05) is 13.1 Å². The molecule has 0 saturated carbocycles. The fourth-order valence-corrected chi connectivity index (χ4v) is 2.96. The van der Waals surface area contributed by atoms with Crippen molar-refractivity contribution in [3.05, 3.63) is 30.2 Å². The molecule has 1 amide bonds. The summed E-state index contributed by atoms with van der Waals surface area (Å²) in [5, 5.41) is 18.6. The maximum atomic E-state index is 12.4. The average molecular weight is 319 g/mol. The van der Waals surface area contributed by atoms with Gasteiger partial charge in [0.05, 0.1) is 12.0 Å². The van der Waals surface area contributed by atoms with Gasteiger partial charge in [0.15, 0.2) is 5.82 Å². The van der Waals surface area contributed by atoms with E-state index in [-0.39, 0.29) is 12.3 Å². The Hall–Kier alpha value is -2.22. The highest BCUT2D eigenvalue weighted by atomic mass is 16.5. The molecule has 2 aromatic rings. The first kappa shape index (κ1) is 15.7. The Morgan fingerprint density at radius 1 is 1.52 bits per heavy atom. The molecule has 8 heteroatoms. The SMILES string of the molecule is Cc1noc(CC2(O)CCCN(C(=O)CCn3cccn3)C2)n1. The van der Waals surface area contributed by atoms with Crippen LogP contribution in [0.3, 0.4) is 0 Å². The van der Waals surface area contributed by atoms with Crippen LogP contribution in [0.25, 0.3) is 0 Å². The van der Waals surface area contributed by atoms with Crippen LogP contribution in [-0.2, 0) is 17.8 Å². The Morgan fingerprint density at radius 3 is 3.09 bits per heavy atom. The van der Waals surface area contributed by atoms with E-state index in [9.17, 15) is 9.90 Å². The van der Waals surface area contributed by atoms with Crippen LogP contribution in [-0.4, -0.2) is 54.5 Å². The van der Waals surface area contributed by atoms with Gasteiger partial charge in [0.2, 0.25) is 11.8 Å². The molecule has 0 aliphatic carbocycles. The van der Waals surface area contributed by atoms with Gasteiger partial charge in [0.25, 0.3) is 0 Å². The first-order valence-corrected chi connectivity index (χ1v) is 7.81. The normalized spacial score (nSPS) is 21.6. The quantitative estimate of drug-likeness (QED) is 0.865. The largest absolute Gasteiger partial charge is 0.388 e. The predicted molar refractivity (Wildman–Crippen MR) is 80.3 cm³/mol. The van der Waals surface area contributed by atoms with E-state index in [1.54, 1.807) is 22.7 Å². The summed E-state index contributed by atoms with van der Waals surface area (Å²) in [5.41, 5.74) is -1.00. The highest BCUT2D eigenvalue weighted by molar-refractivity contribution is 5.76. The Balaban J connectivity index is 1.57. The van der Waals surface area contributed by atoms with Crippen LogP contribution >= 0.6 is 0 Å². The molecule has 1 unspecified atom stereocenters. The third-order valence-corrected chi connectivity index (χ3v) is 4.07. The van der Waals surface area contributed by atoms with Crippen LogP contribution in [0.2, 0.25) is 0 Å². The molecule has 0 spiro atoms. The van der Waals surface area contributed by atoms with E-state index in [4.69, 9.17) is 4.52 Å². The fraction of sp³-hybridized carbons (Fsp3) is 0.600. The highest BCUT2D eigenvalue weighted by Crippen LogP contribution is 2.25. The van der Waals surface area contributed by atoms with Gasteiger partial charge in [-0.3, -0.25) is 9.48 Å². The highest BCUT2D eigenvalue weighted by Gasteiger charge is 2.36. The zero-order chi connectivity index (χ0) is 16.3. The molecule has 0 radical (unpaired) electrons. The molecule has 0 bridgehead atoms. The summed E-state index contributed by atoms with van der Waals surface area (Å²) >= 11 is 0. The van der Waals surface area contributed by atoms with Crippen molar-refractivity contribution in [1.29, 1.82) is 0 Å². The van der Waals surface area contributed by atoms with E-state index in [1.807, 2.05) is 12.3 Å². The molecule has 1 saturated heterocycles. The number of aromatic nitrogens is 4. The minimum Gasteiger partial charge on any atom is -0.388 e. The van der Waals surface area contributed by atoms with Crippen molar-refractivity contribution < 1.29 is 14.4 Å². The molecule has 0 aromatic carbocycles. The van der Waals surface area contributed by atoms with Gasteiger partial charge in [-0.1, -0.05) is 5.16 Å². The van der Waals surface area contributed by atoms with Gasteiger partial charge >= 0.3 is 0 Å². The Labute approximate surface area is 134 Å². The smallest absolute Gasteiger partial charge is 0.229 e. The zero-order valence-electron chi connectivity index (χ0n) is 13.2. The molecule has 3 rings (SSSR count). The molecule has 2 aromatic heterocycles. The molecule has 3 heterocycles. The molecular weight excluding hydrogens is 298 g/mol. The summed E-state index contributed by atoms with van der Waals surface area (Å²) in [6, 6.07) is 1.83. The van der Waals surface area contributed by atoms with Gasteiger partial charge in [-0.15, -0.1) is 0 Å². The van der Waals surface area contributed by atoms with Gasteiger partial charge in [0.1, 0.15) is 0 Å². The van der Waals surface area contributed by atoms with E-state index in [0.29, 0.717) is 44.2 Å². The lowest BCUT2D eigenvalue weighted by Crippen LogP contribution is -2.51. The molecule has 1 fully saturated rings. The number of aryl methyl sites for hydroxylation is 2. The number of amides is 1. The first-order chi connectivity index (χ1) is 11.0. The third kappa shape index (κ3) is 3.95. The number of nitrogens with zero attached hydrogens (tertiary/aromatic N) is 5. The van der Waals surface area contributed by atoms with E-state index in [1.165, 1.54) is 0 Å². The Kier molecular flexibility index (Phi) is 4.42. The maximum Gasteiger partial charge on any atom is 0.229 e. The van der Waals surface area contributed by atoms with Crippen LogP contribution in [0.15, 0.2) is 23.0 Å². The topological polar surface area (TPSA) is 97.3 Å². The average Bonchev–Trinajstić information content (AvgIpc) is 3.16. The summed E-state index contributed by atoms with van der Waals surface area (Å²) in [6.45, 7) is 3.25. The summed E-state index contributed by atoms with van der Waals surface area (Å²) < 4.78 is 6.82. The minimum absolute atomic E-state index is 0.0281. The number of rotatable bonds is 5. The number of aliphatic hydroxyl groups is 1. The monoisotopic (exact) mass is 319 g/mol. The summed E-state index contributed by atoms with van der Waals surface area (Å²) in [4.78, 5) is 18.2. The fourth-order valence-electron chi connectivity index (χ4n) is 2.96. The van der Waals surface area contributed by atoms with Gasteiger partial charge in [-0.05, 0) is 25.8 Å². The number of hydrogen-bond acceptors (Lipinski definition) is 6. The van der Waals surface area contributed by atoms with E-state index < -0.39 is 5.60 Å². The number of carbonyl (C=O) groups is 1. The van der Waals surface area contributed by atoms with Gasteiger partial charge in [0, 0.05) is 38.4 Å². The third-order valence-electron chi connectivity index (χ3n) is 4.07. The molecule has 1 N–H and O–H groups in total. The van der Waals surface area contributed by atoms with Gasteiger partial charge in [-0.25, -0.2) is 0 Å². The van der Waals surface area contributed by atoms with Crippen molar-refractivity contribution in [2.45, 2.75) is 44.8 Å². The van der Waals surface area contributed by atoms with Crippen molar-refractivity contribution >= 4 is 5.91 Å². The van der Waals surface area contributed by atoms with Crippen LogP contribution in [0.5, 0.6) is 0 Å². The summed E-state index contributed by atoms with van der Waals surface area (Å²) in [7, 11) is 0. The Bertz CT molecular complexity index is 654. The number of likely N-dealkylation sites (tertiary alicyclic amines) is 1. The van der Waals surface area contributed by atoms with Gasteiger partial charge in [-0.2, -0.15) is 10.1 Å². The van der Waals surface area contributed by atoms with Crippen LogP contribution < -0.4 is 0 Å². The second-order valence-corrected chi connectivity index (χ2v) is 6.07. The summed E-state index contributed by atoms with van der Waals surface area (Å²) in [5.74, 6) is 0.989. The van der Waals surface area contributed by atoms with Crippen LogP contribution in [0.4, 0.5) is 0 Å². The maximum absolute atomic E-state index is 12.4. The van der Waals surface area contributed by atoms with Crippen molar-refractivity contribution in [2.24, 2.45) is 0 Å². The number of piperidine rings is 1. The van der Waals surface area contributed by atoms with Crippen LogP contribution in [0, 0.1) is 6.92 Å². The van der Waals surface area contributed by atoms with Crippen LogP contribution in [0.1, 0.15) is 31.0 Å². The molecule has 1 aliphatic rings. The standard InChI is InChI=1S/C15H21N5O3/c1-12-17-13(23-18-12)10-15(22)5-2-7-19(11-15)14(21)4-9-20-8-3-6-16-20/h3,6,8,22H,2,4-5,7,9-11H2,1H3. The van der Waals surface area contributed by atoms with E-state index >= 15 is 0 Å². The summed E-state index contributed by atoms with van der Waals surface area (Å²) in [6.07, 6.45) is 5.55. The first-order valence-electron chi connectivity index (χ1n) is 7.81. The lowest BCUT2D eigenvalue weighted by Gasteiger charge is -2.38. The second kappa shape index (κ2) is 6.49. The number of hydrogen-bond donors (Lipinski definition) is 1. The lowest BCUT2D eigenvalue weighted by molar-refractivity contribution is -0.138. The lowest BCUT2D eigenvalue weighted by atomic mass is 9.89. The molecule has 8 nitrogen and oxygen atoms in total. The predicted octanol–water partition coefficient (Wildman–Crippen LogP) is 0.561. The zero-order valence-corrected chi connectivity index (χ0v) is 13.2. The Morgan fingerprint density at radius 2 is 2.39 bits per heavy atom. The van der Waals surface area contributed by atoms with Crippen molar-refractivity contribution in [3.8, 4) is 0 Å². The van der Waals surface area contributed by atoms with Crippen molar-refractivity contribution in [1.82, 2.24) is 24.8 Å².